The van der Waals surface area contributed by atoms with Crippen LogP contribution < -0.4 is 11.1 Å². The van der Waals surface area contributed by atoms with Gasteiger partial charge in [0.1, 0.15) is 5.52 Å². The highest BCUT2D eigenvalue weighted by molar-refractivity contribution is 6.35. The first-order chi connectivity index (χ1) is 9.54. The fourth-order valence-corrected chi connectivity index (χ4v) is 2.31. The number of nitrogens with two attached hydrogens (primary N) is 1. The monoisotopic (exact) mass is 307 g/mol. The number of para-hydroxylation sites is 1. The Balaban J connectivity index is 2.01. The average molecular weight is 308 g/mol. The van der Waals surface area contributed by atoms with Crippen molar-refractivity contribution >= 4 is 51.7 Å². The number of hydrogen-bond acceptors (Lipinski definition) is 4. The van der Waals surface area contributed by atoms with Crippen molar-refractivity contribution in [3.63, 3.8) is 0 Å². The third kappa shape index (κ3) is 2.28. The lowest BCUT2D eigenvalue weighted by Gasteiger charge is -2.06. The van der Waals surface area contributed by atoms with Gasteiger partial charge in [0.15, 0.2) is 5.58 Å². The molecule has 6 heteroatoms. The Bertz CT molecular complexity index is 798. The summed E-state index contributed by atoms with van der Waals surface area (Å²) in [6.45, 7) is 1.89. The van der Waals surface area contributed by atoms with Crippen LogP contribution in [0.3, 0.4) is 0 Å². The van der Waals surface area contributed by atoms with E-state index in [1.165, 1.54) is 0 Å². The minimum absolute atomic E-state index is 0.319. The standard InChI is InChI=1S/C14H11Cl2N3O/c1-7-5-9(16)11(6-8(7)15)18-14-19-13-10(17)3-2-4-12(13)20-14/h2-6H,17H2,1H3,(H,18,19). The Labute approximate surface area is 125 Å². The number of hydrogen-bond donors (Lipinski definition) is 2. The minimum atomic E-state index is 0.319. The van der Waals surface area contributed by atoms with Gasteiger partial charge >= 0.3 is 0 Å². The summed E-state index contributed by atoms with van der Waals surface area (Å²) in [5.41, 5.74) is 9.17. The second-order valence-corrected chi connectivity index (χ2v) is 5.23. The van der Waals surface area contributed by atoms with E-state index in [2.05, 4.69) is 10.3 Å². The van der Waals surface area contributed by atoms with Crippen LogP contribution in [-0.2, 0) is 0 Å². The van der Waals surface area contributed by atoms with Crippen LogP contribution in [0.25, 0.3) is 11.1 Å². The zero-order valence-corrected chi connectivity index (χ0v) is 12.1. The first-order valence-corrected chi connectivity index (χ1v) is 6.68. The molecule has 0 radical (unpaired) electrons. The highest BCUT2D eigenvalue weighted by Gasteiger charge is 2.11. The maximum atomic E-state index is 6.17. The van der Waals surface area contributed by atoms with E-state index in [9.17, 15) is 0 Å². The average Bonchev–Trinajstić information content (AvgIpc) is 2.80. The van der Waals surface area contributed by atoms with Gasteiger partial charge in [-0.2, -0.15) is 4.98 Å². The summed E-state index contributed by atoms with van der Waals surface area (Å²) in [7, 11) is 0. The summed E-state index contributed by atoms with van der Waals surface area (Å²) in [4.78, 5) is 4.30. The quantitative estimate of drug-likeness (QED) is 0.669. The molecule has 0 saturated heterocycles. The van der Waals surface area contributed by atoms with Gasteiger partial charge in [0.25, 0.3) is 6.01 Å². The van der Waals surface area contributed by atoms with Gasteiger partial charge in [-0.25, -0.2) is 0 Å². The van der Waals surface area contributed by atoms with Gasteiger partial charge in [-0.1, -0.05) is 29.3 Å². The lowest BCUT2D eigenvalue weighted by Crippen LogP contribution is -1.92. The molecule has 0 atom stereocenters. The number of oxazole rings is 1. The summed E-state index contributed by atoms with van der Waals surface area (Å²) in [6.07, 6.45) is 0. The van der Waals surface area contributed by atoms with Gasteiger partial charge in [-0.3, -0.25) is 0 Å². The molecule has 4 nitrogen and oxygen atoms in total. The Kier molecular flexibility index (Phi) is 3.20. The second-order valence-electron chi connectivity index (χ2n) is 4.42. The van der Waals surface area contributed by atoms with Crippen LogP contribution in [0, 0.1) is 6.92 Å². The fourth-order valence-electron chi connectivity index (χ4n) is 1.88. The number of nitrogens with one attached hydrogen (secondary N) is 1. The van der Waals surface area contributed by atoms with Crippen LogP contribution in [0.15, 0.2) is 34.7 Å². The molecule has 0 spiro atoms. The molecule has 1 aromatic heterocycles. The van der Waals surface area contributed by atoms with Crippen LogP contribution in [0.5, 0.6) is 0 Å². The normalized spacial score (nSPS) is 10.9. The lowest BCUT2D eigenvalue weighted by atomic mass is 10.2. The SMILES string of the molecule is Cc1cc(Cl)c(Nc2nc3c(N)cccc3o2)cc1Cl. The molecule has 102 valence electrons. The Morgan fingerprint density at radius 1 is 1.20 bits per heavy atom. The molecule has 3 rings (SSSR count). The third-order valence-electron chi connectivity index (χ3n) is 2.94. The van der Waals surface area contributed by atoms with Crippen molar-refractivity contribution in [2.45, 2.75) is 6.92 Å². The van der Waals surface area contributed by atoms with Gasteiger partial charge in [-0.05, 0) is 36.8 Å². The minimum Gasteiger partial charge on any atom is -0.423 e. The molecular weight excluding hydrogens is 297 g/mol. The molecule has 0 aliphatic carbocycles. The number of benzene rings is 2. The molecule has 0 aliphatic rings. The molecule has 3 N–H and O–H groups in total. The van der Waals surface area contributed by atoms with Crippen LogP contribution in [0.2, 0.25) is 10.0 Å². The van der Waals surface area contributed by atoms with Crippen molar-refractivity contribution in [1.29, 1.82) is 0 Å². The second kappa shape index (κ2) is 4.89. The molecule has 0 aliphatic heterocycles. The molecule has 0 amide bonds. The fraction of sp³-hybridized carbons (Fsp3) is 0.0714. The molecule has 0 unspecified atom stereocenters. The van der Waals surface area contributed by atoms with Crippen molar-refractivity contribution in [1.82, 2.24) is 4.98 Å². The molecule has 20 heavy (non-hydrogen) atoms. The Hall–Kier alpha value is -1.91. The molecule has 2 aromatic carbocycles. The Morgan fingerprint density at radius 3 is 2.75 bits per heavy atom. The summed E-state index contributed by atoms with van der Waals surface area (Å²) in [6, 6.07) is 9.21. The van der Waals surface area contributed by atoms with Crippen molar-refractivity contribution in [3.05, 3.63) is 45.9 Å². The number of rotatable bonds is 2. The highest BCUT2D eigenvalue weighted by atomic mass is 35.5. The summed E-state index contributed by atoms with van der Waals surface area (Å²) in [5.74, 6) is 0. The number of halogens is 2. The lowest BCUT2D eigenvalue weighted by molar-refractivity contribution is 0.623. The molecule has 1 heterocycles. The van der Waals surface area contributed by atoms with Crippen LogP contribution in [-0.4, -0.2) is 4.98 Å². The zero-order valence-electron chi connectivity index (χ0n) is 10.6. The smallest absolute Gasteiger partial charge is 0.300 e. The molecular formula is C14H11Cl2N3O. The largest absolute Gasteiger partial charge is 0.423 e. The van der Waals surface area contributed by atoms with Gasteiger partial charge in [0.05, 0.1) is 16.4 Å². The number of aromatic nitrogens is 1. The van der Waals surface area contributed by atoms with E-state index in [0.29, 0.717) is 38.5 Å². The molecule has 0 fully saturated rings. The highest BCUT2D eigenvalue weighted by Crippen LogP contribution is 2.32. The van der Waals surface area contributed by atoms with E-state index < -0.39 is 0 Å². The molecule has 0 saturated carbocycles. The van der Waals surface area contributed by atoms with Gasteiger partial charge < -0.3 is 15.5 Å². The van der Waals surface area contributed by atoms with Crippen LogP contribution in [0.1, 0.15) is 5.56 Å². The Morgan fingerprint density at radius 2 is 2.00 bits per heavy atom. The van der Waals surface area contributed by atoms with Gasteiger partial charge in [0, 0.05) is 5.02 Å². The number of nitrogens with zero attached hydrogens (tertiary/aromatic N) is 1. The summed E-state index contributed by atoms with van der Waals surface area (Å²) < 4.78 is 5.57. The number of anilines is 3. The predicted octanol–water partition coefficient (Wildman–Crippen LogP) is 4.77. The number of aryl methyl sites for hydroxylation is 1. The zero-order chi connectivity index (χ0) is 14.3. The van der Waals surface area contributed by atoms with Crippen molar-refractivity contribution in [2.75, 3.05) is 11.1 Å². The van der Waals surface area contributed by atoms with Crippen molar-refractivity contribution in [2.24, 2.45) is 0 Å². The number of fused-ring (bicyclic) bond motifs is 1. The first-order valence-electron chi connectivity index (χ1n) is 5.92. The topological polar surface area (TPSA) is 64.1 Å². The van der Waals surface area contributed by atoms with Gasteiger partial charge in [0.2, 0.25) is 0 Å². The van der Waals surface area contributed by atoms with E-state index in [4.69, 9.17) is 33.4 Å². The molecule has 3 aromatic rings. The third-order valence-corrected chi connectivity index (χ3v) is 3.66. The summed E-state index contributed by atoms with van der Waals surface area (Å²) in [5, 5.41) is 4.17. The van der Waals surface area contributed by atoms with E-state index in [1.54, 1.807) is 24.3 Å². The summed E-state index contributed by atoms with van der Waals surface area (Å²) >= 11 is 12.3. The number of nitrogen functional groups attached to an aromatic ring is 1. The predicted molar refractivity (Wildman–Crippen MR) is 82.9 cm³/mol. The van der Waals surface area contributed by atoms with E-state index >= 15 is 0 Å². The van der Waals surface area contributed by atoms with Gasteiger partial charge in [-0.15, -0.1) is 0 Å². The van der Waals surface area contributed by atoms with Crippen LogP contribution in [0.4, 0.5) is 17.4 Å². The molecule has 0 bridgehead atoms. The van der Waals surface area contributed by atoms with Crippen LogP contribution >= 0.6 is 23.2 Å². The maximum absolute atomic E-state index is 6.17. The van der Waals surface area contributed by atoms with Crippen molar-refractivity contribution < 1.29 is 4.42 Å². The van der Waals surface area contributed by atoms with E-state index in [1.807, 2.05) is 13.0 Å². The first kappa shape index (κ1) is 13.1. The maximum Gasteiger partial charge on any atom is 0.300 e. The van der Waals surface area contributed by atoms with E-state index in [-0.39, 0.29) is 0 Å². The van der Waals surface area contributed by atoms with Crippen molar-refractivity contribution in [3.8, 4) is 0 Å². The van der Waals surface area contributed by atoms with E-state index in [0.717, 1.165) is 5.56 Å².